The number of nitrogens with zero attached hydrogens (tertiary/aromatic N) is 5. The number of methoxy groups -OCH3 is 1. The van der Waals surface area contributed by atoms with Crippen LogP contribution < -0.4 is 4.90 Å². The molecule has 0 bridgehead atoms. The Morgan fingerprint density at radius 2 is 2.06 bits per heavy atom. The van der Waals surface area contributed by atoms with Gasteiger partial charge in [-0.05, 0) is 31.9 Å². The van der Waals surface area contributed by atoms with Gasteiger partial charge in [0.05, 0.1) is 12.1 Å². The van der Waals surface area contributed by atoms with E-state index < -0.39 is 0 Å². The average molecular weight is 255 g/mol. The molecule has 0 aliphatic carbocycles. The number of hydrogen-bond acceptors (Lipinski definition) is 6. The molecule has 0 amide bonds. The third-order valence-electron chi connectivity index (χ3n) is 3.03. The Balaban J connectivity index is 1.85. The van der Waals surface area contributed by atoms with Gasteiger partial charge in [0.25, 0.3) is 5.95 Å². The lowest BCUT2D eigenvalue weighted by molar-refractivity contribution is -0.0781. The number of piperidine rings is 1. The van der Waals surface area contributed by atoms with Crippen molar-refractivity contribution in [3.8, 4) is 0 Å². The molecule has 1 aromatic rings. The molecule has 0 radical (unpaired) electrons. The van der Waals surface area contributed by atoms with Gasteiger partial charge in [0.15, 0.2) is 0 Å². The number of hydrogen-bond donors (Lipinski definition) is 0. The van der Waals surface area contributed by atoms with Crippen LogP contribution >= 0.6 is 0 Å². The number of aromatic nitrogens is 4. The Labute approximate surface area is 107 Å². The lowest BCUT2D eigenvalue weighted by atomic mass is 10.1. The Hall–Kier alpha value is -1.21. The summed E-state index contributed by atoms with van der Waals surface area (Å²) in [6.07, 6.45) is 2.22. The molecule has 1 aliphatic rings. The van der Waals surface area contributed by atoms with Crippen molar-refractivity contribution in [1.29, 1.82) is 0 Å². The largest absolute Gasteiger partial charge is 0.359 e. The second-order valence-corrected chi connectivity index (χ2v) is 4.76. The van der Waals surface area contributed by atoms with Crippen molar-refractivity contribution in [3.05, 3.63) is 0 Å². The van der Waals surface area contributed by atoms with Gasteiger partial charge < -0.3 is 14.4 Å². The highest BCUT2D eigenvalue weighted by atomic mass is 16.7. The molecule has 0 spiro atoms. The topological polar surface area (TPSA) is 65.3 Å². The summed E-state index contributed by atoms with van der Waals surface area (Å²) < 4.78 is 10.5. The van der Waals surface area contributed by atoms with Gasteiger partial charge in [-0.2, -0.15) is 4.80 Å². The van der Waals surface area contributed by atoms with Crippen LogP contribution in [-0.4, -0.2) is 53.3 Å². The van der Waals surface area contributed by atoms with Crippen molar-refractivity contribution in [2.75, 3.05) is 31.9 Å². The van der Waals surface area contributed by atoms with E-state index in [1.807, 2.05) is 13.8 Å². The van der Waals surface area contributed by atoms with Gasteiger partial charge in [-0.25, -0.2) is 0 Å². The number of anilines is 1. The summed E-state index contributed by atoms with van der Waals surface area (Å²) in [5.74, 6) is 0.717. The minimum absolute atomic E-state index is 0.244. The molecule has 102 valence electrons. The van der Waals surface area contributed by atoms with E-state index in [2.05, 4.69) is 20.3 Å². The first-order valence-electron chi connectivity index (χ1n) is 6.35. The SMILES string of the molecule is COCOC1CCN(c2nnn(C(C)C)n2)CC1. The van der Waals surface area contributed by atoms with Gasteiger partial charge in [-0.15, -0.1) is 5.10 Å². The minimum Gasteiger partial charge on any atom is -0.359 e. The molecule has 0 atom stereocenters. The number of tetrazole rings is 1. The van der Waals surface area contributed by atoms with Crippen molar-refractivity contribution in [3.63, 3.8) is 0 Å². The zero-order valence-electron chi connectivity index (χ0n) is 11.2. The quantitative estimate of drug-likeness (QED) is 0.727. The Bertz CT molecular complexity index is 360. The van der Waals surface area contributed by atoms with Crippen LogP contribution in [0.1, 0.15) is 32.7 Å². The number of rotatable bonds is 5. The second-order valence-electron chi connectivity index (χ2n) is 4.76. The van der Waals surface area contributed by atoms with Crippen LogP contribution in [-0.2, 0) is 9.47 Å². The highest BCUT2D eigenvalue weighted by Gasteiger charge is 2.22. The molecular weight excluding hydrogens is 234 g/mol. The fourth-order valence-electron chi connectivity index (χ4n) is 1.95. The van der Waals surface area contributed by atoms with Gasteiger partial charge in [0.2, 0.25) is 0 Å². The fraction of sp³-hybridized carbons (Fsp3) is 0.909. The van der Waals surface area contributed by atoms with E-state index >= 15 is 0 Å². The van der Waals surface area contributed by atoms with Gasteiger partial charge in [-0.1, -0.05) is 5.10 Å². The molecule has 0 N–H and O–H groups in total. The molecule has 7 heteroatoms. The maximum absolute atomic E-state index is 5.55. The Kier molecular flexibility index (Phi) is 4.48. The predicted octanol–water partition coefficient (Wildman–Crippen LogP) is 0.843. The number of ether oxygens (including phenoxy) is 2. The maximum Gasteiger partial charge on any atom is 0.266 e. The lowest BCUT2D eigenvalue weighted by Crippen LogP contribution is -2.38. The molecule has 0 aromatic carbocycles. The summed E-state index contributed by atoms with van der Waals surface area (Å²) in [4.78, 5) is 3.79. The summed E-state index contributed by atoms with van der Waals surface area (Å²) in [6, 6.07) is 0.244. The summed E-state index contributed by atoms with van der Waals surface area (Å²) in [7, 11) is 1.64. The van der Waals surface area contributed by atoms with Crippen molar-refractivity contribution >= 4 is 5.95 Å². The van der Waals surface area contributed by atoms with Crippen LogP contribution in [0.5, 0.6) is 0 Å². The molecule has 1 fully saturated rings. The van der Waals surface area contributed by atoms with Crippen molar-refractivity contribution in [2.45, 2.75) is 38.8 Å². The maximum atomic E-state index is 5.55. The zero-order chi connectivity index (χ0) is 13.0. The molecule has 2 heterocycles. The third kappa shape index (κ3) is 3.17. The van der Waals surface area contributed by atoms with E-state index in [1.165, 1.54) is 0 Å². The first-order valence-corrected chi connectivity index (χ1v) is 6.35. The average Bonchev–Trinajstić information content (AvgIpc) is 2.87. The summed E-state index contributed by atoms with van der Waals surface area (Å²) in [5, 5.41) is 12.5. The van der Waals surface area contributed by atoms with Crippen LogP contribution in [0, 0.1) is 0 Å². The standard InChI is InChI=1S/C11H21N5O2/c1-9(2)16-13-11(12-14-16)15-6-4-10(5-7-15)18-8-17-3/h9-10H,4-8H2,1-3H3. The van der Waals surface area contributed by atoms with E-state index in [4.69, 9.17) is 9.47 Å². The smallest absolute Gasteiger partial charge is 0.266 e. The van der Waals surface area contributed by atoms with Crippen LogP contribution in [0.15, 0.2) is 0 Å². The molecule has 2 rings (SSSR count). The summed E-state index contributed by atoms with van der Waals surface area (Å²) in [5.41, 5.74) is 0. The molecule has 1 saturated heterocycles. The van der Waals surface area contributed by atoms with Crippen LogP contribution in [0.25, 0.3) is 0 Å². The highest BCUT2D eigenvalue weighted by molar-refractivity contribution is 5.26. The fourth-order valence-corrected chi connectivity index (χ4v) is 1.95. The normalized spacial score (nSPS) is 17.7. The van der Waals surface area contributed by atoms with E-state index in [-0.39, 0.29) is 12.1 Å². The molecular formula is C11H21N5O2. The van der Waals surface area contributed by atoms with Crippen LogP contribution in [0.4, 0.5) is 5.95 Å². The molecule has 1 aromatic heterocycles. The van der Waals surface area contributed by atoms with Gasteiger partial charge in [-0.3, -0.25) is 0 Å². The molecule has 0 unspecified atom stereocenters. The Morgan fingerprint density at radius 3 is 2.61 bits per heavy atom. The zero-order valence-corrected chi connectivity index (χ0v) is 11.2. The van der Waals surface area contributed by atoms with Gasteiger partial charge in [0, 0.05) is 20.2 Å². The third-order valence-corrected chi connectivity index (χ3v) is 3.03. The van der Waals surface area contributed by atoms with Crippen LogP contribution in [0.3, 0.4) is 0 Å². The second kappa shape index (κ2) is 6.10. The first-order chi connectivity index (χ1) is 8.70. The predicted molar refractivity (Wildman–Crippen MR) is 66.4 cm³/mol. The monoisotopic (exact) mass is 255 g/mol. The summed E-state index contributed by atoms with van der Waals surface area (Å²) in [6.45, 7) is 6.25. The van der Waals surface area contributed by atoms with E-state index in [1.54, 1.807) is 11.9 Å². The van der Waals surface area contributed by atoms with Gasteiger partial charge >= 0.3 is 0 Å². The molecule has 7 nitrogen and oxygen atoms in total. The first kappa shape index (κ1) is 13.2. The lowest BCUT2D eigenvalue weighted by Gasteiger charge is -2.30. The van der Waals surface area contributed by atoms with Gasteiger partial charge in [0.1, 0.15) is 6.79 Å². The molecule has 18 heavy (non-hydrogen) atoms. The van der Waals surface area contributed by atoms with Crippen LogP contribution in [0.2, 0.25) is 0 Å². The van der Waals surface area contributed by atoms with E-state index in [0.29, 0.717) is 12.7 Å². The molecule has 1 aliphatic heterocycles. The van der Waals surface area contributed by atoms with Crippen molar-refractivity contribution < 1.29 is 9.47 Å². The molecule has 0 saturated carbocycles. The van der Waals surface area contributed by atoms with E-state index in [0.717, 1.165) is 25.9 Å². The highest BCUT2D eigenvalue weighted by Crippen LogP contribution is 2.17. The van der Waals surface area contributed by atoms with Crippen molar-refractivity contribution in [2.24, 2.45) is 0 Å². The Morgan fingerprint density at radius 1 is 1.33 bits per heavy atom. The summed E-state index contributed by atoms with van der Waals surface area (Å²) >= 11 is 0. The van der Waals surface area contributed by atoms with Crippen molar-refractivity contribution in [1.82, 2.24) is 20.2 Å². The minimum atomic E-state index is 0.244. The van der Waals surface area contributed by atoms with E-state index in [9.17, 15) is 0 Å².